The quantitative estimate of drug-likeness (QED) is 0.893. The lowest BCUT2D eigenvalue weighted by molar-refractivity contribution is 0.599. The van der Waals surface area contributed by atoms with Gasteiger partial charge in [0.25, 0.3) is 0 Å². The molecular formula is C13H12BrFN2O2S. The second kappa shape index (κ2) is 6.32. The first-order valence-electron chi connectivity index (χ1n) is 5.82. The summed E-state index contributed by atoms with van der Waals surface area (Å²) in [5.74, 6) is -0.527. The standard InChI is InChI=1S/C13H12BrFN2O2S/c14-12-9-11(4-5-13(12)15)17-20(18,19)8-6-10-3-1-2-7-16-10/h1-5,7,9,17H,6,8H2. The molecule has 0 aliphatic rings. The Morgan fingerprint density at radius 1 is 1.25 bits per heavy atom. The van der Waals surface area contributed by atoms with E-state index in [0.717, 1.165) is 0 Å². The number of hydrogen-bond donors (Lipinski definition) is 1. The molecular weight excluding hydrogens is 347 g/mol. The van der Waals surface area contributed by atoms with E-state index in [4.69, 9.17) is 0 Å². The van der Waals surface area contributed by atoms with Gasteiger partial charge in [-0.15, -0.1) is 0 Å². The molecule has 0 spiro atoms. The van der Waals surface area contributed by atoms with Crippen LogP contribution < -0.4 is 4.72 Å². The summed E-state index contributed by atoms with van der Waals surface area (Å²) in [6, 6.07) is 9.29. The van der Waals surface area contributed by atoms with Crippen molar-refractivity contribution in [2.24, 2.45) is 0 Å². The van der Waals surface area contributed by atoms with Gasteiger partial charge in [-0.2, -0.15) is 0 Å². The summed E-state index contributed by atoms with van der Waals surface area (Å²) in [5.41, 5.74) is 1.03. The zero-order valence-electron chi connectivity index (χ0n) is 10.4. The fraction of sp³-hybridized carbons (Fsp3) is 0.154. The van der Waals surface area contributed by atoms with E-state index in [-0.39, 0.29) is 10.2 Å². The lowest BCUT2D eigenvalue weighted by Gasteiger charge is -2.08. The topological polar surface area (TPSA) is 59.1 Å². The zero-order valence-corrected chi connectivity index (χ0v) is 12.8. The number of halogens is 2. The number of sulfonamides is 1. The van der Waals surface area contributed by atoms with Crippen LogP contribution in [0.25, 0.3) is 0 Å². The molecule has 0 saturated carbocycles. The van der Waals surface area contributed by atoms with Crippen LogP contribution in [0, 0.1) is 5.82 Å². The number of aryl methyl sites for hydroxylation is 1. The van der Waals surface area contributed by atoms with Crippen LogP contribution in [-0.4, -0.2) is 19.2 Å². The van der Waals surface area contributed by atoms with E-state index in [0.29, 0.717) is 17.8 Å². The molecule has 7 heteroatoms. The van der Waals surface area contributed by atoms with Crippen LogP contribution in [0.4, 0.5) is 10.1 Å². The molecule has 0 aliphatic heterocycles. The maximum atomic E-state index is 13.1. The molecule has 106 valence electrons. The van der Waals surface area contributed by atoms with Crippen molar-refractivity contribution in [3.8, 4) is 0 Å². The van der Waals surface area contributed by atoms with Crippen LogP contribution in [0.15, 0.2) is 47.1 Å². The van der Waals surface area contributed by atoms with Gasteiger partial charge in [-0.25, -0.2) is 12.8 Å². The Morgan fingerprint density at radius 2 is 2.05 bits per heavy atom. The molecule has 0 aliphatic carbocycles. The van der Waals surface area contributed by atoms with Crippen LogP contribution in [0.2, 0.25) is 0 Å². The highest BCUT2D eigenvalue weighted by Crippen LogP contribution is 2.20. The predicted molar refractivity (Wildman–Crippen MR) is 79.5 cm³/mol. The lowest BCUT2D eigenvalue weighted by atomic mass is 10.3. The summed E-state index contributed by atoms with van der Waals surface area (Å²) in [6.45, 7) is 0. The third-order valence-electron chi connectivity index (χ3n) is 2.55. The highest BCUT2D eigenvalue weighted by atomic mass is 79.9. The van der Waals surface area contributed by atoms with Crippen molar-refractivity contribution in [1.82, 2.24) is 4.98 Å². The molecule has 0 atom stereocenters. The molecule has 2 rings (SSSR count). The fourth-order valence-corrected chi connectivity index (χ4v) is 3.02. The normalized spacial score (nSPS) is 11.3. The Kier molecular flexibility index (Phi) is 4.72. The number of pyridine rings is 1. The summed E-state index contributed by atoms with van der Waals surface area (Å²) in [4.78, 5) is 4.07. The lowest BCUT2D eigenvalue weighted by Crippen LogP contribution is -2.18. The smallest absolute Gasteiger partial charge is 0.233 e. The first-order chi connectivity index (χ1) is 9.46. The second-order valence-corrected chi connectivity index (χ2v) is 6.82. The van der Waals surface area contributed by atoms with Crippen LogP contribution in [0.5, 0.6) is 0 Å². The van der Waals surface area contributed by atoms with Gasteiger partial charge in [0.2, 0.25) is 10.0 Å². The molecule has 0 radical (unpaired) electrons. The van der Waals surface area contributed by atoms with Crippen molar-refractivity contribution >= 4 is 31.6 Å². The van der Waals surface area contributed by atoms with Crippen LogP contribution in [0.3, 0.4) is 0 Å². The number of benzene rings is 1. The zero-order chi connectivity index (χ0) is 14.6. The van der Waals surface area contributed by atoms with E-state index in [9.17, 15) is 12.8 Å². The van der Waals surface area contributed by atoms with E-state index >= 15 is 0 Å². The van der Waals surface area contributed by atoms with Crippen molar-refractivity contribution in [3.05, 3.63) is 58.6 Å². The monoisotopic (exact) mass is 358 g/mol. The number of nitrogens with zero attached hydrogens (tertiary/aromatic N) is 1. The maximum absolute atomic E-state index is 13.1. The third-order valence-corrected chi connectivity index (χ3v) is 4.44. The van der Waals surface area contributed by atoms with Gasteiger partial charge in [0.1, 0.15) is 5.82 Å². The van der Waals surface area contributed by atoms with Gasteiger partial charge in [-0.3, -0.25) is 9.71 Å². The van der Waals surface area contributed by atoms with Crippen molar-refractivity contribution < 1.29 is 12.8 Å². The minimum Gasteiger partial charge on any atom is -0.284 e. The average molecular weight is 359 g/mol. The Morgan fingerprint density at radius 3 is 2.70 bits per heavy atom. The van der Waals surface area contributed by atoms with Crippen LogP contribution in [-0.2, 0) is 16.4 Å². The van der Waals surface area contributed by atoms with Crippen molar-refractivity contribution in [3.63, 3.8) is 0 Å². The summed E-state index contributed by atoms with van der Waals surface area (Å²) >= 11 is 3.01. The number of aromatic nitrogens is 1. The van der Waals surface area contributed by atoms with Crippen LogP contribution in [0.1, 0.15) is 5.69 Å². The largest absolute Gasteiger partial charge is 0.284 e. The van der Waals surface area contributed by atoms with Gasteiger partial charge in [0, 0.05) is 24.0 Å². The first-order valence-corrected chi connectivity index (χ1v) is 8.26. The van der Waals surface area contributed by atoms with E-state index in [1.165, 1.54) is 18.2 Å². The Balaban J connectivity index is 2.02. The molecule has 0 unspecified atom stereocenters. The SMILES string of the molecule is O=S(=O)(CCc1ccccn1)Nc1ccc(F)c(Br)c1. The van der Waals surface area contributed by atoms with Gasteiger partial charge < -0.3 is 0 Å². The minimum absolute atomic E-state index is 0.0843. The average Bonchev–Trinajstić information content (AvgIpc) is 2.42. The molecule has 0 amide bonds. The molecule has 0 fully saturated rings. The van der Waals surface area contributed by atoms with Gasteiger partial charge in [-0.1, -0.05) is 6.07 Å². The molecule has 0 bridgehead atoms. The summed E-state index contributed by atoms with van der Waals surface area (Å²) < 4.78 is 39.5. The van der Waals surface area contributed by atoms with Crippen LogP contribution >= 0.6 is 15.9 Å². The molecule has 20 heavy (non-hydrogen) atoms. The van der Waals surface area contributed by atoms with Gasteiger partial charge in [-0.05, 0) is 46.3 Å². The first kappa shape index (κ1) is 14.9. The number of nitrogens with one attached hydrogen (secondary N) is 1. The minimum atomic E-state index is -3.50. The van der Waals surface area contributed by atoms with Gasteiger partial charge >= 0.3 is 0 Å². The highest BCUT2D eigenvalue weighted by molar-refractivity contribution is 9.10. The summed E-state index contributed by atoms with van der Waals surface area (Å²) in [5, 5.41) is 0. The number of anilines is 1. The Bertz CT molecular complexity index is 693. The fourth-order valence-electron chi connectivity index (χ4n) is 1.58. The van der Waals surface area contributed by atoms with E-state index in [1.54, 1.807) is 24.4 Å². The second-order valence-electron chi connectivity index (χ2n) is 4.12. The van der Waals surface area contributed by atoms with Crippen molar-refractivity contribution in [2.75, 3.05) is 10.5 Å². The van der Waals surface area contributed by atoms with Gasteiger partial charge in [0.05, 0.1) is 10.2 Å². The molecule has 4 nitrogen and oxygen atoms in total. The number of hydrogen-bond acceptors (Lipinski definition) is 3. The third kappa shape index (κ3) is 4.28. The molecule has 2 aromatic rings. The molecule has 1 aromatic heterocycles. The molecule has 0 saturated heterocycles. The maximum Gasteiger partial charge on any atom is 0.233 e. The Hall–Kier alpha value is -1.47. The van der Waals surface area contributed by atoms with E-state index in [2.05, 4.69) is 25.6 Å². The number of rotatable bonds is 5. The molecule has 1 heterocycles. The van der Waals surface area contributed by atoms with E-state index < -0.39 is 15.8 Å². The van der Waals surface area contributed by atoms with Crippen molar-refractivity contribution in [1.29, 1.82) is 0 Å². The predicted octanol–water partition coefficient (Wildman–Crippen LogP) is 2.97. The summed E-state index contributed by atoms with van der Waals surface area (Å²) in [6.07, 6.45) is 1.94. The van der Waals surface area contributed by atoms with Crippen molar-refractivity contribution in [2.45, 2.75) is 6.42 Å². The van der Waals surface area contributed by atoms with E-state index in [1.807, 2.05) is 0 Å². The highest BCUT2D eigenvalue weighted by Gasteiger charge is 2.12. The molecule has 1 aromatic carbocycles. The molecule has 1 N–H and O–H groups in total. The summed E-state index contributed by atoms with van der Waals surface area (Å²) in [7, 11) is -3.50. The Labute approximate surface area is 125 Å². The van der Waals surface area contributed by atoms with Gasteiger partial charge in [0.15, 0.2) is 0 Å².